The quantitative estimate of drug-likeness (QED) is 0.926. The highest BCUT2D eigenvalue weighted by Crippen LogP contribution is 2.22. The van der Waals surface area contributed by atoms with E-state index in [1.165, 1.54) is 6.07 Å². The van der Waals surface area contributed by atoms with Gasteiger partial charge in [-0.15, -0.1) is 0 Å². The lowest BCUT2D eigenvalue weighted by Crippen LogP contribution is -2.47. The van der Waals surface area contributed by atoms with Gasteiger partial charge >= 0.3 is 0 Å². The monoisotopic (exact) mass is 310 g/mol. The highest BCUT2D eigenvalue weighted by Gasteiger charge is 2.19. The molecule has 4 nitrogen and oxygen atoms in total. The van der Waals surface area contributed by atoms with Gasteiger partial charge < -0.3 is 15.5 Å². The predicted molar refractivity (Wildman–Crippen MR) is 81.7 cm³/mol. The van der Waals surface area contributed by atoms with Gasteiger partial charge in [0.25, 0.3) is 0 Å². The molecule has 22 heavy (non-hydrogen) atoms. The minimum atomic E-state index is -0.161. The molecule has 0 bridgehead atoms. The van der Waals surface area contributed by atoms with Gasteiger partial charge in [0.15, 0.2) is 0 Å². The number of hydrogen-bond donors (Lipinski definition) is 1. The number of para-hydroxylation sites is 1. The van der Waals surface area contributed by atoms with Crippen molar-refractivity contribution in [3.05, 3.63) is 48.4 Å². The van der Waals surface area contributed by atoms with Gasteiger partial charge in [-0.2, -0.15) is 0 Å². The smallest absolute Gasteiger partial charge is 0.146 e. The van der Waals surface area contributed by atoms with Crippen molar-refractivity contribution < 1.29 is 13.5 Å². The second-order valence-corrected chi connectivity index (χ2v) is 4.88. The van der Waals surface area contributed by atoms with Crippen molar-refractivity contribution in [2.75, 3.05) is 41.7 Å². The molecule has 1 aromatic carbocycles. The van der Waals surface area contributed by atoms with E-state index < -0.39 is 0 Å². The van der Waals surface area contributed by atoms with Crippen molar-refractivity contribution in [3.63, 3.8) is 0 Å². The largest absolute Gasteiger partial charge is 0.397 e. The number of nitrogens with zero attached hydrogens (tertiary/aromatic N) is 3. The summed E-state index contributed by atoms with van der Waals surface area (Å²) in [4.78, 5) is 8.59. The van der Waals surface area contributed by atoms with Crippen molar-refractivity contribution in [1.29, 1.82) is 0 Å². The molecule has 0 unspecified atom stereocenters. The first-order chi connectivity index (χ1) is 10.7. The van der Waals surface area contributed by atoms with Gasteiger partial charge in [0.1, 0.15) is 11.6 Å². The first-order valence-corrected chi connectivity index (χ1v) is 6.84. The highest BCUT2D eigenvalue weighted by molar-refractivity contribution is 5.51. The molecule has 0 spiro atoms. The van der Waals surface area contributed by atoms with Crippen molar-refractivity contribution in [3.8, 4) is 0 Å². The van der Waals surface area contributed by atoms with Gasteiger partial charge in [-0.05, 0) is 24.3 Å². The average Bonchev–Trinajstić information content (AvgIpc) is 2.58. The van der Waals surface area contributed by atoms with Crippen LogP contribution in [0, 0.1) is 5.82 Å². The van der Waals surface area contributed by atoms with Gasteiger partial charge in [-0.25, -0.2) is 9.37 Å². The lowest BCUT2D eigenvalue weighted by Gasteiger charge is -2.36. The van der Waals surface area contributed by atoms with Crippen LogP contribution in [-0.2, 0) is 0 Å². The Balaban J connectivity index is 0.000000847. The number of rotatable bonds is 2. The zero-order chi connectivity index (χ0) is 15.9. The number of hydrogen-bond acceptors (Lipinski definition) is 4. The van der Waals surface area contributed by atoms with Crippen LogP contribution in [0.25, 0.3) is 0 Å². The maximum absolute atomic E-state index is 13.8. The summed E-state index contributed by atoms with van der Waals surface area (Å²) in [5, 5.41) is 0. The number of benzene rings is 1. The number of anilines is 3. The van der Waals surface area contributed by atoms with Gasteiger partial charge in [0.2, 0.25) is 0 Å². The maximum Gasteiger partial charge on any atom is 0.146 e. The van der Waals surface area contributed by atoms with Crippen molar-refractivity contribution in [2.45, 2.75) is 0 Å². The van der Waals surface area contributed by atoms with Crippen LogP contribution in [0.2, 0.25) is 0 Å². The van der Waals surface area contributed by atoms with E-state index in [4.69, 9.17) is 14.9 Å². The molecule has 1 aliphatic heterocycles. The third-order valence-corrected chi connectivity index (χ3v) is 3.57. The number of pyridine rings is 1. The fraction of sp³-hybridized carbons (Fsp3) is 0.267. The van der Waals surface area contributed by atoms with Crippen LogP contribution >= 0.6 is 0 Å². The van der Waals surface area contributed by atoms with Crippen molar-refractivity contribution >= 4 is 17.2 Å². The number of aromatic nitrogens is 1. The summed E-state index contributed by atoms with van der Waals surface area (Å²) in [5.41, 5.74) is 6.98. The lowest BCUT2D eigenvalue weighted by atomic mass is 10.2. The van der Waals surface area contributed by atoms with Crippen LogP contribution in [0.1, 0.15) is 0 Å². The normalized spacial score (nSPS) is 14.3. The summed E-state index contributed by atoms with van der Waals surface area (Å²) in [6.45, 7) is 3.22. The minimum Gasteiger partial charge on any atom is -0.397 e. The molecule has 0 saturated carbocycles. The molecule has 7 heteroatoms. The summed E-state index contributed by atoms with van der Waals surface area (Å²) in [7, 11) is 0. The molecular weight excluding hydrogens is 293 g/mol. The Morgan fingerprint density at radius 3 is 2.14 bits per heavy atom. The summed E-state index contributed by atoms with van der Waals surface area (Å²) >= 11 is 0. The van der Waals surface area contributed by atoms with E-state index in [9.17, 15) is 4.39 Å². The molecule has 1 aromatic heterocycles. The van der Waals surface area contributed by atoms with Gasteiger partial charge in [-0.1, -0.05) is 12.1 Å². The fourth-order valence-electron chi connectivity index (χ4n) is 2.47. The Morgan fingerprint density at radius 2 is 1.55 bits per heavy atom. The van der Waals surface area contributed by atoms with Crippen molar-refractivity contribution in [2.24, 2.45) is 0 Å². The third-order valence-electron chi connectivity index (χ3n) is 3.57. The second-order valence-electron chi connectivity index (χ2n) is 4.88. The molecule has 0 amide bonds. The van der Waals surface area contributed by atoms with Crippen LogP contribution < -0.4 is 15.5 Å². The summed E-state index contributed by atoms with van der Waals surface area (Å²) in [6.07, 6.45) is 1.67. The SMILES string of the molecule is FF.Nc1ccc(N2CCN(c3ccccc3F)CC2)nc1. The molecule has 2 N–H and O–H groups in total. The number of nitrogen functional groups attached to an aromatic ring is 1. The predicted octanol–water partition coefficient (Wildman–Crippen LogP) is 2.97. The Labute approximate surface area is 126 Å². The minimum absolute atomic E-state index is 0.161. The van der Waals surface area contributed by atoms with E-state index in [1.54, 1.807) is 12.3 Å². The molecule has 3 rings (SSSR count). The number of piperazine rings is 1. The van der Waals surface area contributed by atoms with E-state index in [2.05, 4.69) is 14.8 Å². The Kier molecular flexibility index (Phi) is 5.46. The first-order valence-electron chi connectivity index (χ1n) is 6.84. The van der Waals surface area contributed by atoms with E-state index in [-0.39, 0.29) is 5.82 Å². The molecular formula is C15H17F3N4. The Hall–Kier alpha value is -2.44. The zero-order valence-corrected chi connectivity index (χ0v) is 11.9. The summed E-state index contributed by atoms with van der Waals surface area (Å²) in [5.74, 6) is 0.763. The topological polar surface area (TPSA) is 45.4 Å². The molecule has 1 saturated heterocycles. The summed E-state index contributed by atoms with van der Waals surface area (Å²) in [6, 6.07) is 10.7. The third kappa shape index (κ3) is 3.60. The maximum atomic E-state index is 13.8. The standard InChI is InChI=1S/C15H17FN4.F2/c16-13-3-1-2-4-14(13)19-7-9-20(10-8-19)15-6-5-12(17)11-18-15;1-2/h1-6,11H,7-10,17H2;. The Morgan fingerprint density at radius 1 is 0.909 bits per heavy atom. The van der Waals surface area contributed by atoms with Crippen LogP contribution in [0.15, 0.2) is 42.6 Å². The molecule has 118 valence electrons. The zero-order valence-electron chi connectivity index (χ0n) is 11.9. The lowest BCUT2D eigenvalue weighted by molar-refractivity contribution is 0.108. The average molecular weight is 310 g/mol. The Bertz CT molecular complexity index is 584. The van der Waals surface area contributed by atoms with Gasteiger partial charge in [-0.3, -0.25) is 0 Å². The second kappa shape index (κ2) is 7.53. The van der Waals surface area contributed by atoms with E-state index in [1.807, 2.05) is 24.3 Å². The van der Waals surface area contributed by atoms with Crippen LogP contribution in [-0.4, -0.2) is 31.2 Å². The van der Waals surface area contributed by atoms with E-state index in [0.717, 1.165) is 32.0 Å². The van der Waals surface area contributed by atoms with Crippen LogP contribution in [0.4, 0.5) is 30.7 Å². The summed E-state index contributed by atoms with van der Waals surface area (Å²) < 4.78 is 29.8. The first kappa shape index (κ1) is 15.9. The van der Waals surface area contributed by atoms with Crippen LogP contribution in [0.3, 0.4) is 0 Å². The van der Waals surface area contributed by atoms with E-state index >= 15 is 0 Å². The number of halogens is 3. The molecule has 1 aliphatic rings. The molecule has 2 aromatic rings. The van der Waals surface area contributed by atoms with Crippen molar-refractivity contribution in [1.82, 2.24) is 4.98 Å². The molecule has 0 radical (unpaired) electrons. The van der Waals surface area contributed by atoms with Gasteiger partial charge in [0.05, 0.1) is 17.6 Å². The van der Waals surface area contributed by atoms with E-state index in [0.29, 0.717) is 11.4 Å². The fourth-order valence-corrected chi connectivity index (χ4v) is 2.47. The molecule has 0 atom stereocenters. The van der Waals surface area contributed by atoms with Gasteiger partial charge in [0, 0.05) is 35.3 Å². The highest BCUT2D eigenvalue weighted by atomic mass is 20.0. The molecule has 0 aliphatic carbocycles. The molecule has 2 heterocycles. The molecule has 1 fully saturated rings. The number of nitrogens with two attached hydrogens (primary N) is 1. The van der Waals surface area contributed by atoms with Crippen LogP contribution in [0.5, 0.6) is 0 Å².